The summed E-state index contributed by atoms with van der Waals surface area (Å²) in [5.74, 6) is 0. The standard InChI is InChI=1S/C13H15ClN2O2/c14-13(6-7-13)11-8-15-12(17)16(11)18-9-10-4-2-1-3-5-10/h1-5,11H,6-9H2,(H,15,17)/t11-/m0/s1. The Bertz CT molecular complexity index is 448. The van der Waals surface area contributed by atoms with Crippen LogP contribution in [0.4, 0.5) is 4.79 Å². The average Bonchev–Trinajstić information content (AvgIpc) is 3.01. The summed E-state index contributed by atoms with van der Waals surface area (Å²) >= 11 is 6.38. The number of hydrogen-bond acceptors (Lipinski definition) is 2. The van der Waals surface area contributed by atoms with Gasteiger partial charge < -0.3 is 5.32 Å². The number of nitrogens with zero attached hydrogens (tertiary/aromatic N) is 1. The molecule has 1 heterocycles. The first-order valence-electron chi connectivity index (χ1n) is 6.12. The van der Waals surface area contributed by atoms with Crippen molar-refractivity contribution in [1.29, 1.82) is 0 Å². The van der Waals surface area contributed by atoms with Gasteiger partial charge in [0.2, 0.25) is 0 Å². The zero-order valence-electron chi connectivity index (χ0n) is 9.93. The van der Waals surface area contributed by atoms with Gasteiger partial charge in [-0.15, -0.1) is 11.6 Å². The average molecular weight is 267 g/mol. The Kier molecular flexibility index (Phi) is 2.92. The molecule has 4 nitrogen and oxygen atoms in total. The maximum absolute atomic E-state index is 11.7. The van der Waals surface area contributed by atoms with Crippen LogP contribution in [0.1, 0.15) is 18.4 Å². The van der Waals surface area contributed by atoms with Crippen LogP contribution in [0.2, 0.25) is 0 Å². The second-order valence-corrected chi connectivity index (χ2v) is 5.57. The normalized spacial score (nSPS) is 25.1. The fourth-order valence-corrected chi connectivity index (χ4v) is 2.46. The lowest BCUT2D eigenvalue weighted by Gasteiger charge is -2.25. The predicted molar refractivity (Wildman–Crippen MR) is 68.1 cm³/mol. The van der Waals surface area contributed by atoms with Gasteiger partial charge in [-0.1, -0.05) is 30.3 Å². The van der Waals surface area contributed by atoms with Crippen molar-refractivity contribution in [3.63, 3.8) is 0 Å². The van der Waals surface area contributed by atoms with Gasteiger partial charge >= 0.3 is 6.03 Å². The second kappa shape index (κ2) is 4.44. The van der Waals surface area contributed by atoms with E-state index in [-0.39, 0.29) is 16.9 Å². The molecule has 2 fully saturated rings. The number of urea groups is 1. The zero-order valence-corrected chi connectivity index (χ0v) is 10.7. The van der Waals surface area contributed by atoms with Gasteiger partial charge in [0, 0.05) is 6.54 Å². The van der Waals surface area contributed by atoms with Gasteiger partial charge in [0.1, 0.15) is 6.61 Å². The third-order valence-electron chi connectivity index (χ3n) is 3.47. The minimum atomic E-state index is -0.282. The van der Waals surface area contributed by atoms with Crippen molar-refractivity contribution in [2.24, 2.45) is 0 Å². The molecule has 1 aromatic carbocycles. The van der Waals surface area contributed by atoms with Gasteiger partial charge in [-0.3, -0.25) is 4.84 Å². The molecule has 0 spiro atoms. The predicted octanol–water partition coefficient (Wildman–Crippen LogP) is 2.28. The van der Waals surface area contributed by atoms with Crippen molar-refractivity contribution in [3.05, 3.63) is 35.9 Å². The number of halogens is 1. The zero-order chi connectivity index (χ0) is 12.6. The molecule has 1 N–H and O–H groups in total. The van der Waals surface area contributed by atoms with Crippen molar-refractivity contribution in [3.8, 4) is 0 Å². The van der Waals surface area contributed by atoms with Gasteiger partial charge in [0.05, 0.1) is 10.9 Å². The van der Waals surface area contributed by atoms with Crippen LogP contribution in [0.15, 0.2) is 30.3 Å². The second-order valence-electron chi connectivity index (χ2n) is 4.82. The molecule has 96 valence electrons. The molecule has 2 aliphatic rings. The first kappa shape index (κ1) is 11.8. The lowest BCUT2D eigenvalue weighted by molar-refractivity contribution is -0.141. The van der Waals surface area contributed by atoms with Crippen LogP contribution in [0.3, 0.4) is 0 Å². The Morgan fingerprint density at radius 3 is 2.78 bits per heavy atom. The van der Waals surface area contributed by atoms with Crippen LogP contribution in [0, 0.1) is 0 Å². The fourth-order valence-electron chi connectivity index (χ4n) is 2.20. The summed E-state index contributed by atoms with van der Waals surface area (Å²) in [6.45, 7) is 0.953. The maximum Gasteiger partial charge on any atom is 0.341 e. The summed E-state index contributed by atoms with van der Waals surface area (Å²) in [5.41, 5.74) is 1.04. The summed E-state index contributed by atoms with van der Waals surface area (Å²) < 4.78 is 0. The molecular weight excluding hydrogens is 252 g/mol. The molecule has 0 aromatic heterocycles. The third-order valence-corrected chi connectivity index (χ3v) is 4.10. The first-order chi connectivity index (χ1) is 8.69. The highest BCUT2D eigenvalue weighted by atomic mass is 35.5. The number of amides is 2. The first-order valence-corrected chi connectivity index (χ1v) is 6.50. The van der Waals surface area contributed by atoms with Crippen LogP contribution in [0.5, 0.6) is 0 Å². The molecule has 0 bridgehead atoms. The molecule has 3 rings (SSSR count). The van der Waals surface area contributed by atoms with Gasteiger partial charge in [0.25, 0.3) is 0 Å². The minimum Gasteiger partial charge on any atom is -0.334 e. The molecule has 1 aromatic rings. The van der Waals surface area contributed by atoms with Gasteiger partial charge in [-0.2, -0.15) is 5.06 Å². The lowest BCUT2D eigenvalue weighted by atomic mass is 10.2. The highest BCUT2D eigenvalue weighted by Gasteiger charge is 2.54. The van der Waals surface area contributed by atoms with Crippen molar-refractivity contribution in [2.75, 3.05) is 6.54 Å². The van der Waals surface area contributed by atoms with E-state index in [1.807, 2.05) is 30.3 Å². The number of hydroxylamine groups is 2. The Balaban J connectivity index is 1.65. The summed E-state index contributed by atoms with van der Waals surface area (Å²) in [6, 6.07) is 9.53. The maximum atomic E-state index is 11.7. The van der Waals surface area contributed by atoms with E-state index in [2.05, 4.69) is 5.32 Å². The quantitative estimate of drug-likeness (QED) is 0.850. The van der Waals surface area contributed by atoms with E-state index in [1.165, 1.54) is 5.06 Å². The third kappa shape index (κ3) is 2.18. The number of alkyl halides is 1. The van der Waals surface area contributed by atoms with Gasteiger partial charge in [-0.05, 0) is 18.4 Å². The fraction of sp³-hybridized carbons (Fsp3) is 0.462. The van der Waals surface area contributed by atoms with Crippen LogP contribution in [-0.4, -0.2) is 28.6 Å². The van der Waals surface area contributed by atoms with Crippen molar-refractivity contribution < 1.29 is 9.63 Å². The molecule has 1 saturated carbocycles. The molecule has 18 heavy (non-hydrogen) atoms. The summed E-state index contributed by atoms with van der Waals surface area (Å²) in [4.78, 5) is 17.0. The summed E-state index contributed by atoms with van der Waals surface area (Å²) in [6.07, 6.45) is 1.89. The molecule has 0 radical (unpaired) electrons. The molecule has 1 aliphatic heterocycles. The summed E-state index contributed by atoms with van der Waals surface area (Å²) in [7, 11) is 0. The molecule has 0 unspecified atom stereocenters. The van der Waals surface area contributed by atoms with Crippen LogP contribution < -0.4 is 5.32 Å². The van der Waals surface area contributed by atoms with Crippen molar-refractivity contribution in [2.45, 2.75) is 30.4 Å². The van der Waals surface area contributed by atoms with Crippen LogP contribution >= 0.6 is 11.6 Å². The number of benzene rings is 1. The van der Waals surface area contributed by atoms with Gasteiger partial charge in [0.15, 0.2) is 0 Å². The lowest BCUT2D eigenvalue weighted by Crippen LogP contribution is -2.40. The Morgan fingerprint density at radius 2 is 2.11 bits per heavy atom. The Morgan fingerprint density at radius 1 is 1.39 bits per heavy atom. The number of nitrogens with one attached hydrogen (secondary N) is 1. The SMILES string of the molecule is O=C1NC[C@@H](C2(Cl)CC2)N1OCc1ccccc1. The number of rotatable bonds is 4. The minimum absolute atomic E-state index is 0.0598. The van der Waals surface area contributed by atoms with E-state index in [9.17, 15) is 4.79 Å². The van der Waals surface area contributed by atoms with E-state index < -0.39 is 0 Å². The molecule has 1 aliphatic carbocycles. The monoisotopic (exact) mass is 266 g/mol. The van der Waals surface area contributed by atoms with E-state index >= 15 is 0 Å². The largest absolute Gasteiger partial charge is 0.341 e. The Labute approximate surface area is 111 Å². The van der Waals surface area contributed by atoms with E-state index in [0.717, 1.165) is 18.4 Å². The molecular formula is C13H15ClN2O2. The van der Waals surface area contributed by atoms with E-state index in [4.69, 9.17) is 16.4 Å². The topological polar surface area (TPSA) is 41.6 Å². The molecule has 5 heteroatoms. The molecule has 1 atom stereocenters. The van der Waals surface area contributed by atoms with Crippen molar-refractivity contribution in [1.82, 2.24) is 10.4 Å². The number of carbonyl (C=O) groups is 1. The van der Waals surface area contributed by atoms with Gasteiger partial charge in [-0.25, -0.2) is 4.79 Å². The molecule has 1 saturated heterocycles. The summed E-state index contributed by atoms with van der Waals surface area (Å²) in [5, 5.41) is 4.19. The van der Waals surface area contributed by atoms with Crippen LogP contribution in [-0.2, 0) is 11.4 Å². The Hall–Kier alpha value is -1.26. The van der Waals surface area contributed by atoms with Crippen LogP contribution in [0.25, 0.3) is 0 Å². The smallest absolute Gasteiger partial charge is 0.334 e. The van der Waals surface area contributed by atoms with Crippen molar-refractivity contribution >= 4 is 17.6 Å². The highest BCUT2D eigenvalue weighted by molar-refractivity contribution is 6.26. The highest BCUT2D eigenvalue weighted by Crippen LogP contribution is 2.48. The number of hydrogen-bond donors (Lipinski definition) is 1. The molecule has 2 amide bonds. The van der Waals surface area contributed by atoms with E-state index in [1.54, 1.807) is 0 Å². The van der Waals surface area contributed by atoms with E-state index in [0.29, 0.717) is 13.2 Å². The number of carbonyl (C=O) groups excluding carboxylic acids is 1.